The van der Waals surface area contributed by atoms with Gasteiger partial charge in [-0.2, -0.15) is 0 Å². The molecule has 0 unspecified atom stereocenters. The van der Waals surface area contributed by atoms with Crippen LogP contribution in [0.15, 0.2) is 40.5 Å². The van der Waals surface area contributed by atoms with Gasteiger partial charge in [0.2, 0.25) is 0 Å². The Morgan fingerprint density at radius 2 is 1.71 bits per heavy atom. The lowest BCUT2D eigenvalue weighted by Gasteiger charge is -2.17. The number of carbonyl (C=O) groups excluding carboxylic acids is 2. The first-order valence-corrected chi connectivity index (χ1v) is 5.83. The molecule has 4 nitrogen and oxygen atoms in total. The molecule has 1 aromatic carbocycles. The second-order valence-electron chi connectivity index (χ2n) is 3.88. The Kier molecular flexibility index (Phi) is 3.02. The van der Waals surface area contributed by atoms with Crippen molar-refractivity contribution in [3.8, 4) is 0 Å². The Labute approximate surface area is 108 Å². The zero-order valence-electron chi connectivity index (χ0n) is 9.48. The van der Waals surface area contributed by atoms with Crippen LogP contribution in [0.5, 0.6) is 0 Å². The summed E-state index contributed by atoms with van der Waals surface area (Å²) in [6.45, 7) is 0. The van der Waals surface area contributed by atoms with Crippen LogP contribution in [0.4, 0.5) is 5.69 Å². The van der Waals surface area contributed by atoms with Crippen LogP contribution in [0, 0.1) is 0 Å². The summed E-state index contributed by atoms with van der Waals surface area (Å²) in [6, 6.07) is 7.05. The fraction of sp³-hybridized carbons (Fsp3) is 0.167. The van der Waals surface area contributed by atoms with Crippen molar-refractivity contribution in [1.82, 2.24) is 4.90 Å². The van der Waals surface area contributed by atoms with Crippen molar-refractivity contribution in [3.63, 3.8) is 0 Å². The van der Waals surface area contributed by atoms with E-state index in [4.69, 9.17) is 0 Å². The maximum atomic E-state index is 12.0. The number of hydrogen-bond acceptors (Lipinski definition) is 3. The molecule has 1 aliphatic heterocycles. The quantitative estimate of drug-likeness (QED) is 0.781. The molecule has 5 heteroatoms. The topological polar surface area (TPSA) is 40.6 Å². The largest absolute Gasteiger partial charge is 0.373 e. The number of hydrogen-bond donors (Lipinski definition) is 0. The van der Waals surface area contributed by atoms with Crippen LogP contribution in [0.3, 0.4) is 0 Å². The van der Waals surface area contributed by atoms with E-state index in [1.165, 1.54) is 11.0 Å². The molecular formula is C12H11BrN2O2. The van der Waals surface area contributed by atoms with Gasteiger partial charge in [-0.05, 0) is 24.3 Å². The van der Waals surface area contributed by atoms with Gasteiger partial charge >= 0.3 is 0 Å². The second kappa shape index (κ2) is 4.33. The lowest BCUT2D eigenvalue weighted by Crippen LogP contribution is -2.33. The standard InChI is InChI=1S/C12H11BrN2O2/c1-14(2)10-7-11(16)15(12(10)17)9-5-3-8(13)4-6-9/h3-7H,1-2H3. The van der Waals surface area contributed by atoms with E-state index in [0.29, 0.717) is 11.4 Å². The third kappa shape index (κ3) is 2.10. The Bertz CT molecular complexity index is 506. The van der Waals surface area contributed by atoms with E-state index in [1.807, 2.05) is 0 Å². The highest BCUT2D eigenvalue weighted by atomic mass is 79.9. The van der Waals surface area contributed by atoms with Crippen molar-refractivity contribution in [2.75, 3.05) is 19.0 Å². The van der Waals surface area contributed by atoms with Crippen LogP contribution >= 0.6 is 15.9 Å². The Hall–Kier alpha value is -1.62. The molecule has 0 saturated heterocycles. The molecule has 88 valence electrons. The molecule has 1 aliphatic rings. The minimum atomic E-state index is -0.305. The molecular weight excluding hydrogens is 284 g/mol. The second-order valence-corrected chi connectivity index (χ2v) is 4.79. The molecule has 0 fully saturated rings. The third-order valence-electron chi connectivity index (χ3n) is 2.47. The minimum Gasteiger partial charge on any atom is -0.373 e. The first kappa shape index (κ1) is 11.9. The van der Waals surface area contributed by atoms with Crippen LogP contribution in [0.2, 0.25) is 0 Å². The molecule has 1 aromatic rings. The molecule has 0 aliphatic carbocycles. The number of nitrogens with zero attached hydrogens (tertiary/aromatic N) is 2. The number of likely N-dealkylation sites (N-methyl/N-ethyl adjacent to an activating group) is 1. The average Bonchev–Trinajstić information content (AvgIpc) is 2.56. The van der Waals surface area contributed by atoms with Gasteiger partial charge in [-0.3, -0.25) is 9.59 Å². The zero-order valence-corrected chi connectivity index (χ0v) is 11.1. The first-order chi connectivity index (χ1) is 8.00. The van der Waals surface area contributed by atoms with E-state index < -0.39 is 0 Å². The summed E-state index contributed by atoms with van der Waals surface area (Å²) >= 11 is 3.31. The predicted octanol–water partition coefficient (Wildman–Crippen LogP) is 1.77. The molecule has 2 rings (SSSR count). The number of halogens is 1. The predicted molar refractivity (Wildman–Crippen MR) is 68.4 cm³/mol. The lowest BCUT2D eigenvalue weighted by molar-refractivity contribution is -0.120. The third-order valence-corrected chi connectivity index (χ3v) is 3.00. The van der Waals surface area contributed by atoms with E-state index in [9.17, 15) is 9.59 Å². The number of imide groups is 1. The van der Waals surface area contributed by atoms with Crippen LogP contribution in [-0.4, -0.2) is 30.8 Å². The summed E-state index contributed by atoms with van der Waals surface area (Å²) in [5.41, 5.74) is 0.981. The van der Waals surface area contributed by atoms with Crippen molar-refractivity contribution >= 4 is 33.4 Å². The van der Waals surface area contributed by atoms with Crippen LogP contribution in [0.25, 0.3) is 0 Å². The van der Waals surface area contributed by atoms with Crippen molar-refractivity contribution in [2.45, 2.75) is 0 Å². The Morgan fingerprint density at radius 1 is 1.12 bits per heavy atom. The van der Waals surface area contributed by atoms with E-state index >= 15 is 0 Å². The maximum Gasteiger partial charge on any atom is 0.281 e. The summed E-state index contributed by atoms with van der Waals surface area (Å²) < 4.78 is 0.904. The average molecular weight is 295 g/mol. The first-order valence-electron chi connectivity index (χ1n) is 5.03. The van der Waals surface area contributed by atoms with Gasteiger partial charge in [-0.25, -0.2) is 4.90 Å². The molecule has 0 aromatic heterocycles. The summed E-state index contributed by atoms with van der Waals surface area (Å²) in [5, 5.41) is 0. The SMILES string of the molecule is CN(C)C1=CC(=O)N(c2ccc(Br)cc2)C1=O. The summed E-state index contributed by atoms with van der Waals surface area (Å²) in [7, 11) is 3.48. The van der Waals surface area contributed by atoms with Gasteiger partial charge in [-0.1, -0.05) is 15.9 Å². The summed E-state index contributed by atoms with van der Waals surface area (Å²) in [6.07, 6.45) is 1.35. The highest BCUT2D eigenvalue weighted by Crippen LogP contribution is 2.24. The molecule has 0 radical (unpaired) electrons. The van der Waals surface area contributed by atoms with Crippen molar-refractivity contribution < 1.29 is 9.59 Å². The maximum absolute atomic E-state index is 12.0. The Morgan fingerprint density at radius 3 is 2.18 bits per heavy atom. The fourth-order valence-electron chi connectivity index (χ4n) is 1.61. The van der Waals surface area contributed by atoms with Crippen molar-refractivity contribution in [1.29, 1.82) is 0 Å². The van der Waals surface area contributed by atoms with E-state index in [0.717, 1.165) is 4.47 Å². The molecule has 0 N–H and O–H groups in total. The van der Waals surface area contributed by atoms with Crippen molar-refractivity contribution in [3.05, 3.63) is 40.5 Å². The van der Waals surface area contributed by atoms with Gasteiger partial charge in [-0.15, -0.1) is 0 Å². The highest BCUT2D eigenvalue weighted by molar-refractivity contribution is 9.10. The monoisotopic (exact) mass is 294 g/mol. The minimum absolute atomic E-state index is 0.290. The molecule has 0 bridgehead atoms. The van der Waals surface area contributed by atoms with Crippen LogP contribution in [-0.2, 0) is 9.59 Å². The number of carbonyl (C=O) groups is 2. The normalized spacial score (nSPS) is 15.2. The summed E-state index contributed by atoms with van der Waals surface area (Å²) in [5.74, 6) is -0.594. The Balaban J connectivity index is 2.34. The van der Waals surface area contributed by atoms with E-state index in [2.05, 4.69) is 15.9 Å². The van der Waals surface area contributed by atoms with Crippen LogP contribution < -0.4 is 4.90 Å². The van der Waals surface area contributed by atoms with Crippen LogP contribution in [0.1, 0.15) is 0 Å². The summed E-state index contributed by atoms with van der Waals surface area (Å²) in [4.78, 5) is 26.6. The fourth-order valence-corrected chi connectivity index (χ4v) is 1.88. The van der Waals surface area contributed by atoms with Gasteiger partial charge < -0.3 is 4.90 Å². The van der Waals surface area contributed by atoms with Gasteiger partial charge in [0.25, 0.3) is 11.8 Å². The zero-order chi connectivity index (χ0) is 12.6. The van der Waals surface area contributed by atoms with Gasteiger partial charge in [0.05, 0.1) is 5.69 Å². The number of anilines is 1. The van der Waals surface area contributed by atoms with Gasteiger partial charge in [0.15, 0.2) is 0 Å². The van der Waals surface area contributed by atoms with Crippen molar-refractivity contribution in [2.24, 2.45) is 0 Å². The molecule has 0 saturated carbocycles. The number of rotatable bonds is 2. The lowest BCUT2D eigenvalue weighted by atomic mass is 10.3. The van der Waals surface area contributed by atoms with E-state index in [1.54, 1.807) is 43.3 Å². The highest BCUT2D eigenvalue weighted by Gasteiger charge is 2.33. The molecule has 2 amide bonds. The number of amides is 2. The van der Waals surface area contributed by atoms with Gasteiger partial charge in [0.1, 0.15) is 5.70 Å². The molecule has 0 spiro atoms. The van der Waals surface area contributed by atoms with Gasteiger partial charge in [0, 0.05) is 24.6 Å². The molecule has 0 atom stereocenters. The smallest absolute Gasteiger partial charge is 0.281 e. The molecule has 1 heterocycles. The van der Waals surface area contributed by atoms with E-state index in [-0.39, 0.29) is 11.8 Å². The number of benzene rings is 1. The molecule has 17 heavy (non-hydrogen) atoms.